The van der Waals surface area contributed by atoms with Crippen molar-refractivity contribution in [2.24, 2.45) is 5.92 Å². The standard InChI is InChI=1S/C12H12N2O2.C12H23NO2/c1-15-8-2-3-10-9(6-8)12-11(7-14-10)16-5-4-13-12;1-9-5-7-10(8-6-9)13-11(14)15-12(2,3)4/h2-3,6-7,13H,4-5H2,1H3;9-10H,5-8H2,1-4H3,(H,13,14). The molecule has 2 aliphatic rings. The largest absolute Gasteiger partial charge is 0.497 e. The Hall–Kier alpha value is -2.70. The summed E-state index contributed by atoms with van der Waals surface area (Å²) in [6.07, 6.45) is 6.07. The van der Waals surface area contributed by atoms with Crippen LogP contribution in [0.15, 0.2) is 24.4 Å². The Morgan fingerprint density at radius 3 is 2.65 bits per heavy atom. The number of anilines is 1. The van der Waals surface area contributed by atoms with Crippen molar-refractivity contribution >= 4 is 22.7 Å². The maximum atomic E-state index is 11.5. The van der Waals surface area contributed by atoms with Gasteiger partial charge in [0.1, 0.15) is 18.0 Å². The molecule has 2 heterocycles. The maximum absolute atomic E-state index is 11.5. The van der Waals surface area contributed by atoms with E-state index in [9.17, 15) is 4.79 Å². The molecular weight excluding hydrogens is 394 g/mol. The Morgan fingerprint density at radius 1 is 1.23 bits per heavy atom. The van der Waals surface area contributed by atoms with Crippen molar-refractivity contribution in [3.05, 3.63) is 24.4 Å². The Kier molecular flexibility index (Phi) is 7.46. The third-order valence-electron chi connectivity index (χ3n) is 5.44. The van der Waals surface area contributed by atoms with Crippen LogP contribution in [-0.2, 0) is 4.74 Å². The lowest BCUT2D eigenvalue weighted by Crippen LogP contribution is -2.40. The molecule has 1 aromatic heterocycles. The number of pyridine rings is 1. The second-order valence-electron chi connectivity index (χ2n) is 9.26. The molecule has 1 saturated carbocycles. The highest BCUT2D eigenvalue weighted by Crippen LogP contribution is 2.35. The van der Waals surface area contributed by atoms with Crippen molar-refractivity contribution < 1.29 is 19.0 Å². The van der Waals surface area contributed by atoms with Gasteiger partial charge in [0, 0.05) is 18.0 Å². The number of rotatable bonds is 2. The fraction of sp³-hybridized carbons (Fsp3) is 0.583. The van der Waals surface area contributed by atoms with Crippen molar-refractivity contribution in [3.63, 3.8) is 0 Å². The minimum Gasteiger partial charge on any atom is -0.497 e. The van der Waals surface area contributed by atoms with Crippen LogP contribution in [0.2, 0.25) is 0 Å². The molecule has 1 aliphatic carbocycles. The zero-order chi connectivity index (χ0) is 22.4. The fourth-order valence-corrected chi connectivity index (χ4v) is 3.79. The van der Waals surface area contributed by atoms with Gasteiger partial charge in [0.15, 0.2) is 5.75 Å². The number of aromatic nitrogens is 1. The van der Waals surface area contributed by atoms with Crippen LogP contribution >= 0.6 is 0 Å². The third kappa shape index (κ3) is 6.64. The number of ether oxygens (including phenoxy) is 3. The molecule has 0 spiro atoms. The highest BCUT2D eigenvalue weighted by Gasteiger charge is 2.22. The van der Waals surface area contributed by atoms with Gasteiger partial charge in [-0.25, -0.2) is 4.79 Å². The van der Waals surface area contributed by atoms with E-state index in [1.165, 1.54) is 12.8 Å². The molecule has 1 aliphatic heterocycles. The summed E-state index contributed by atoms with van der Waals surface area (Å²) in [4.78, 5) is 15.8. The van der Waals surface area contributed by atoms with Crippen molar-refractivity contribution in [3.8, 4) is 11.5 Å². The number of carbonyl (C=O) groups excluding carboxylic acids is 1. The molecule has 0 saturated heterocycles. The van der Waals surface area contributed by atoms with Gasteiger partial charge in [-0.15, -0.1) is 0 Å². The number of amides is 1. The topological polar surface area (TPSA) is 81.7 Å². The molecule has 0 unspecified atom stereocenters. The predicted octanol–water partition coefficient (Wildman–Crippen LogP) is 5.14. The van der Waals surface area contributed by atoms with E-state index >= 15 is 0 Å². The first-order valence-electron chi connectivity index (χ1n) is 11.1. The number of nitrogens with one attached hydrogen (secondary N) is 2. The van der Waals surface area contributed by atoms with Gasteiger partial charge in [0.05, 0.1) is 24.5 Å². The van der Waals surface area contributed by atoms with E-state index in [-0.39, 0.29) is 6.09 Å². The number of carbonyl (C=O) groups is 1. The van der Waals surface area contributed by atoms with Crippen LogP contribution in [0.25, 0.3) is 10.9 Å². The molecule has 1 fully saturated rings. The molecule has 2 aromatic rings. The molecular formula is C24H35N3O4. The highest BCUT2D eigenvalue weighted by atomic mass is 16.6. The second-order valence-corrected chi connectivity index (χ2v) is 9.26. The van der Waals surface area contributed by atoms with Crippen LogP contribution < -0.4 is 20.1 Å². The van der Waals surface area contributed by atoms with Crippen LogP contribution in [0.4, 0.5) is 10.5 Å². The first kappa shape index (κ1) is 23.0. The fourth-order valence-electron chi connectivity index (χ4n) is 3.79. The third-order valence-corrected chi connectivity index (χ3v) is 5.44. The van der Waals surface area contributed by atoms with Gasteiger partial charge in [0.25, 0.3) is 0 Å². The normalized spacial score (nSPS) is 20.3. The van der Waals surface area contributed by atoms with Gasteiger partial charge < -0.3 is 24.8 Å². The molecule has 170 valence electrons. The zero-order valence-corrected chi connectivity index (χ0v) is 19.3. The van der Waals surface area contributed by atoms with E-state index in [1.54, 1.807) is 13.3 Å². The minimum absolute atomic E-state index is 0.276. The van der Waals surface area contributed by atoms with E-state index in [2.05, 4.69) is 22.5 Å². The van der Waals surface area contributed by atoms with Gasteiger partial charge >= 0.3 is 6.09 Å². The first-order chi connectivity index (χ1) is 14.7. The molecule has 7 heteroatoms. The Balaban J connectivity index is 0.000000176. The quantitative estimate of drug-likeness (QED) is 0.688. The summed E-state index contributed by atoms with van der Waals surface area (Å²) in [7, 11) is 1.66. The van der Waals surface area contributed by atoms with Crippen molar-refractivity contribution in [2.75, 3.05) is 25.6 Å². The van der Waals surface area contributed by atoms with Crippen molar-refractivity contribution in [1.82, 2.24) is 10.3 Å². The van der Waals surface area contributed by atoms with Crippen LogP contribution in [-0.4, -0.2) is 43.0 Å². The van der Waals surface area contributed by atoms with Crippen LogP contribution in [0.1, 0.15) is 53.4 Å². The molecule has 4 rings (SSSR count). The number of hydrogen-bond acceptors (Lipinski definition) is 6. The lowest BCUT2D eigenvalue weighted by Gasteiger charge is -2.28. The lowest BCUT2D eigenvalue weighted by atomic mass is 9.87. The molecule has 31 heavy (non-hydrogen) atoms. The van der Waals surface area contributed by atoms with E-state index in [1.807, 2.05) is 39.0 Å². The van der Waals surface area contributed by atoms with Gasteiger partial charge in [-0.1, -0.05) is 6.92 Å². The zero-order valence-electron chi connectivity index (χ0n) is 19.3. The molecule has 1 aromatic carbocycles. The number of nitrogens with zero attached hydrogens (tertiary/aromatic N) is 1. The molecule has 0 radical (unpaired) electrons. The second kappa shape index (κ2) is 10.1. The number of fused-ring (bicyclic) bond motifs is 3. The lowest BCUT2D eigenvalue weighted by molar-refractivity contribution is 0.0488. The monoisotopic (exact) mass is 429 g/mol. The number of alkyl carbamates (subject to hydrolysis) is 1. The first-order valence-corrected chi connectivity index (χ1v) is 11.1. The van der Waals surface area contributed by atoms with Gasteiger partial charge in [-0.3, -0.25) is 4.98 Å². The maximum Gasteiger partial charge on any atom is 0.407 e. The van der Waals surface area contributed by atoms with E-state index in [0.29, 0.717) is 12.6 Å². The molecule has 7 nitrogen and oxygen atoms in total. The molecule has 0 bridgehead atoms. The van der Waals surface area contributed by atoms with E-state index < -0.39 is 5.60 Å². The molecule has 1 amide bonds. The average molecular weight is 430 g/mol. The van der Waals surface area contributed by atoms with Crippen LogP contribution in [0.3, 0.4) is 0 Å². The summed E-state index contributed by atoms with van der Waals surface area (Å²) in [5.74, 6) is 2.45. The molecule has 2 N–H and O–H groups in total. The summed E-state index contributed by atoms with van der Waals surface area (Å²) >= 11 is 0. The van der Waals surface area contributed by atoms with Crippen LogP contribution in [0, 0.1) is 5.92 Å². The molecule has 0 atom stereocenters. The SMILES string of the molecule is CC1CCC(NC(=O)OC(C)(C)C)CC1.COc1ccc2ncc3c(c2c1)NCCO3. The summed E-state index contributed by atoms with van der Waals surface area (Å²) < 4.78 is 16.0. The summed E-state index contributed by atoms with van der Waals surface area (Å²) in [6.45, 7) is 9.43. The Morgan fingerprint density at radius 2 is 1.97 bits per heavy atom. The number of methoxy groups -OCH3 is 1. The number of benzene rings is 1. The summed E-state index contributed by atoms with van der Waals surface area (Å²) in [5.41, 5.74) is 1.55. The minimum atomic E-state index is -0.397. The van der Waals surface area contributed by atoms with Gasteiger partial charge in [0.2, 0.25) is 0 Å². The van der Waals surface area contributed by atoms with Gasteiger partial charge in [-0.05, 0) is 70.6 Å². The number of hydrogen-bond donors (Lipinski definition) is 2. The predicted molar refractivity (Wildman–Crippen MR) is 123 cm³/mol. The van der Waals surface area contributed by atoms with E-state index in [0.717, 1.165) is 53.4 Å². The smallest absolute Gasteiger partial charge is 0.407 e. The van der Waals surface area contributed by atoms with Crippen molar-refractivity contribution in [1.29, 1.82) is 0 Å². The summed E-state index contributed by atoms with van der Waals surface area (Å²) in [6, 6.07) is 6.15. The van der Waals surface area contributed by atoms with Crippen molar-refractivity contribution in [2.45, 2.75) is 65.0 Å². The van der Waals surface area contributed by atoms with E-state index in [4.69, 9.17) is 14.2 Å². The highest BCUT2D eigenvalue weighted by molar-refractivity contribution is 5.95. The average Bonchev–Trinajstić information content (AvgIpc) is 2.74. The Bertz CT molecular complexity index is 881. The Labute approximate surface area is 184 Å². The van der Waals surface area contributed by atoms with Crippen LogP contribution in [0.5, 0.6) is 11.5 Å². The summed E-state index contributed by atoms with van der Waals surface area (Å²) in [5, 5.41) is 7.31. The van der Waals surface area contributed by atoms with Gasteiger partial charge in [-0.2, -0.15) is 0 Å².